The maximum absolute atomic E-state index is 5.89. The third-order valence-corrected chi connectivity index (χ3v) is 4.70. The van der Waals surface area contributed by atoms with Crippen LogP contribution in [0, 0.1) is 0 Å². The van der Waals surface area contributed by atoms with Gasteiger partial charge in [-0.25, -0.2) is 9.97 Å². The Bertz CT molecular complexity index is 847. The van der Waals surface area contributed by atoms with Gasteiger partial charge in [-0.05, 0) is 43.5 Å². The summed E-state index contributed by atoms with van der Waals surface area (Å²) in [6.45, 7) is 3.04. The Labute approximate surface area is 147 Å². The molecule has 1 aromatic carbocycles. The molecule has 3 aromatic rings. The van der Waals surface area contributed by atoms with Crippen LogP contribution in [0.4, 0.5) is 5.82 Å². The van der Waals surface area contributed by atoms with Crippen LogP contribution >= 0.6 is 0 Å². The van der Waals surface area contributed by atoms with Crippen LogP contribution < -0.4 is 5.32 Å². The summed E-state index contributed by atoms with van der Waals surface area (Å²) in [5.41, 5.74) is 1.85. The second-order valence-electron chi connectivity index (χ2n) is 6.37. The molecule has 1 saturated heterocycles. The minimum atomic E-state index is 0.251. The third-order valence-electron chi connectivity index (χ3n) is 4.70. The van der Waals surface area contributed by atoms with E-state index in [1.165, 1.54) is 0 Å². The maximum atomic E-state index is 5.89. The molecule has 0 radical (unpaired) electrons. The highest BCUT2D eigenvalue weighted by atomic mass is 16.5. The highest BCUT2D eigenvalue weighted by Crippen LogP contribution is 2.27. The Morgan fingerprint density at radius 1 is 1.20 bits per heavy atom. The molecule has 3 heterocycles. The van der Waals surface area contributed by atoms with E-state index < -0.39 is 0 Å². The Kier molecular flexibility index (Phi) is 4.57. The van der Waals surface area contributed by atoms with Gasteiger partial charge in [-0.15, -0.1) is 0 Å². The van der Waals surface area contributed by atoms with Gasteiger partial charge < -0.3 is 10.1 Å². The average Bonchev–Trinajstić information content (AvgIpc) is 3.21. The van der Waals surface area contributed by atoms with Gasteiger partial charge in [-0.3, -0.25) is 4.98 Å². The van der Waals surface area contributed by atoms with E-state index in [-0.39, 0.29) is 12.1 Å². The minimum absolute atomic E-state index is 0.251. The first-order chi connectivity index (χ1) is 12.3. The first-order valence-electron chi connectivity index (χ1n) is 8.90. The van der Waals surface area contributed by atoms with Crippen LogP contribution in [-0.2, 0) is 4.74 Å². The van der Waals surface area contributed by atoms with Crippen molar-refractivity contribution in [3.63, 3.8) is 0 Å². The van der Waals surface area contributed by atoms with Gasteiger partial charge in [0.15, 0.2) is 5.82 Å². The lowest BCUT2D eigenvalue weighted by molar-refractivity contribution is 0.0943. The predicted molar refractivity (Wildman–Crippen MR) is 99.4 cm³/mol. The first-order valence-corrected chi connectivity index (χ1v) is 8.90. The van der Waals surface area contributed by atoms with Crippen LogP contribution in [0.2, 0.25) is 0 Å². The summed E-state index contributed by atoms with van der Waals surface area (Å²) in [5.74, 6) is 1.56. The number of aromatic nitrogens is 3. The van der Waals surface area contributed by atoms with E-state index in [1.807, 2.05) is 30.3 Å². The Morgan fingerprint density at radius 3 is 2.88 bits per heavy atom. The van der Waals surface area contributed by atoms with E-state index in [9.17, 15) is 0 Å². The summed E-state index contributed by atoms with van der Waals surface area (Å²) in [4.78, 5) is 13.7. The standard InChI is InChI=1S/C20H22N4O/c1-2-16(18-10-6-12-25-18)22-20-15-8-3-4-9-17(15)23-19(24-20)14-7-5-11-21-13-14/h3-5,7-9,11,13,16,18H,2,6,10,12H2,1H3,(H,22,23,24). The second-order valence-corrected chi connectivity index (χ2v) is 6.37. The zero-order valence-electron chi connectivity index (χ0n) is 14.4. The summed E-state index contributed by atoms with van der Waals surface area (Å²) in [6.07, 6.45) is 7.03. The summed E-state index contributed by atoms with van der Waals surface area (Å²) >= 11 is 0. The Hall–Kier alpha value is -2.53. The van der Waals surface area contributed by atoms with Crippen LogP contribution in [0.3, 0.4) is 0 Å². The van der Waals surface area contributed by atoms with Gasteiger partial charge in [0.2, 0.25) is 0 Å². The van der Waals surface area contributed by atoms with Gasteiger partial charge in [0.1, 0.15) is 5.82 Å². The number of benzene rings is 1. The molecule has 2 aromatic heterocycles. The van der Waals surface area contributed by atoms with E-state index in [1.54, 1.807) is 12.4 Å². The van der Waals surface area contributed by atoms with Gasteiger partial charge in [-0.1, -0.05) is 19.1 Å². The van der Waals surface area contributed by atoms with E-state index in [2.05, 4.69) is 23.3 Å². The lowest BCUT2D eigenvalue weighted by Gasteiger charge is -2.24. The highest BCUT2D eigenvalue weighted by molar-refractivity contribution is 5.90. The molecule has 5 heteroatoms. The summed E-state index contributed by atoms with van der Waals surface area (Å²) in [5, 5.41) is 4.66. The van der Waals surface area contributed by atoms with Crippen molar-refractivity contribution in [1.82, 2.24) is 15.0 Å². The zero-order chi connectivity index (χ0) is 17.1. The van der Waals surface area contributed by atoms with Crippen molar-refractivity contribution in [3.8, 4) is 11.4 Å². The van der Waals surface area contributed by atoms with Gasteiger partial charge in [0.25, 0.3) is 0 Å². The number of nitrogens with one attached hydrogen (secondary N) is 1. The first kappa shape index (κ1) is 16.0. The summed E-state index contributed by atoms with van der Waals surface area (Å²) in [6, 6.07) is 12.3. The van der Waals surface area contributed by atoms with Gasteiger partial charge >= 0.3 is 0 Å². The van der Waals surface area contributed by atoms with Crippen molar-refractivity contribution >= 4 is 16.7 Å². The number of fused-ring (bicyclic) bond motifs is 1. The van der Waals surface area contributed by atoms with Crippen molar-refractivity contribution in [2.24, 2.45) is 0 Å². The Morgan fingerprint density at radius 2 is 2.12 bits per heavy atom. The molecule has 0 aliphatic carbocycles. The number of anilines is 1. The van der Waals surface area contributed by atoms with E-state index >= 15 is 0 Å². The molecular weight excluding hydrogens is 312 g/mol. The van der Waals surface area contributed by atoms with Crippen LogP contribution in [0.1, 0.15) is 26.2 Å². The van der Waals surface area contributed by atoms with Crippen LogP contribution in [0.5, 0.6) is 0 Å². The lowest BCUT2D eigenvalue weighted by atomic mass is 10.1. The van der Waals surface area contributed by atoms with Gasteiger partial charge in [0, 0.05) is 30.0 Å². The SMILES string of the molecule is CCC(Nc1nc(-c2cccnc2)nc2ccccc12)C1CCCO1. The molecule has 1 fully saturated rings. The third kappa shape index (κ3) is 3.33. The molecule has 5 nitrogen and oxygen atoms in total. The molecule has 2 unspecified atom stereocenters. The van der Waals surface area contributed by atoms with Crippen molar-refractivity contribution in [2.75, 3.05) is 11.9 Å². The van der Waals surface area contributed by atoms with Gasteiger partial charge in [-0.2, -0.15) is 0 Å². The van der Waals surface area contributed by atoms with Crippen LogP contribution in [-0.4, -0.2) is 33.7 Å². The van der Waals surface area contributed by atoms with Crippen molar-refractivity contribution in [2.45, 2.75) is 38.3 Å². The predicted octanol–water partition coefficient (Wildman–Crippen LogP) is 4.06. The molecule has 2 atom stereocenters. The summed E-state index contributed by atoms with van der Waals surface area (Å²) in [7, 11) is 0. The fourth-order valence-corrected chi connectivity index (χ4v) is 3.36. The fourth-order valence-electron chi connectivity index (χ4n) is 3.36. The highest BCUT2D eigenvalue weighted by Gasteiger charge is 2.25. The molecular formula is C20H22N4O. The maximum Gasteiger partial charge on any atom is 0.163 e. The number of ether oxygens (including phenoxy) is 1. The van der Waals surface area contributed by atoms with E-state index in [0.717, 1.165) is 48.2 Å². The van der Waals surface area contributed by atoms with Crippen LogP contribution in [0.15, 0.2) is 48.8 Å². The smallest absolute Gasteiger partial charge is 0.163 e. The molecule has 0 bridgehead atoms. The molecule has 1 aliphatic heterocycles. The molecule has 0 spiro atoms. The van der Waals surface area contributed by atoms with Crippen LogP contribution in [0.25, 0.3) is 22.3 Å². The number of pyridine rings is 1. The normalized spacial score (nSPS) is 18.4. The molecule has 1 N–H and O–H groups in total. The quantitative estimate of drug-likeness (QED) is 0.762. The number of para-hydroxylation sites is 1. The topological polar surface area (TPSA) is 59.9 Å². The zero-order valence-corrected chi connectivity index (χ0v) is 14.4. The van der Waals surface area contributed by atoms with Crippen molar-refractivity contribution in [3.05, 3.63) is 48.8 Å². The fraction of sp³-hybridized carbons (Fsp3) is 0.350. The van der Waals surface area contributed by atoms with Gasteiger partial charge in [0.05, 0.1) is 17.7 Å². The molecule has 4 rings (SSSR count). The molecule has 0 amide bonds. The minimum Gasteiger partial charge on any atom is -0.376 e. The van der Waals surface area contributed by atoms with E-state index in [4.69, 9.17) is 14.7 Å². The van der Waals surface area contributed by atoms with Crippen molar-refractivity contribution < 1.29 is 4.74 Å². The number of hydrogen-bond donors (Lipinski definition) is 1. The number of hydrogen-bond acceptors (Lipinski definition) is 5. The monoisotopic (exact) mass is 334 g/mol. The summed E-state index contributed by atoms with van der Waals surface area (Å²) < 4.78 is 5.89. The lowest BCUT2D eigenvalue weighted by Crippen LogP contribution is -2.33. The molecule has 128 valence electrons. The van der Waals surface area contributed by atoms with Crippen molar-refractivity contribution in [1.29, 1.82) is 0 Å². The number of rotatable bonds is 5. The molecule has 25 heavy (non-hydrogen) atoms. The Balaban J connectivity index is 1.75. The molecule has 0 saturated carbocycles. The second kappa shape index (κ2) is 7.15. The largest absolute Gasteiger partial charge is 0.376 e. The number of nitrogens with zero attached hydrogens (tertiary/aromatic N) is 3. The average molecular weight is 334 g/mol. The molecule has 1 aliphatic rings. The van der Waals surface area contributed by atoms with E-state index in [0.29, 0.717) is 5.82 Å².